The first-order chi connectivity index (χ1) is 6.75. The molecule has 0 aliphatic carbocycles. The number of hydrogen-bond donors (Lipinski definition) is 1. The van der Waals surface area contributed by atoms with Gasteiger partial charge in [0.05, 0.1) is 10.3 Å². The molecule has 2 aromatic rings. The zero-order valence-electron chi connectivity index (χ0n) is 6.83. The monoisotopic (exact) mass is 353 g/mol. The molecule has 0 unspecified atom stereocenters. The van der Waals surface area contributed by atoms with Crippen LogP contribution >= 0.6 is 54.5 Å². The van der Waals surface area contributed by atoms with Crippen LogP contribution in [0.2, 0.25) is 0 Å². The highest BCUT2D eigenvalue weighted by atomic mass is 79.9. The molecule has 0 aromatic carbocycles. The largest absolute Gasteiger partial charge is 0.355 e. The van der Waals surface area contributed by atoms with E-state index in [-0.39, 0.29) is 0 Å². The first-order valence-electron chi connectivity index (χ1n) is 3.69. The van der Waals surface area contributed by atoms with Gasteiger partial charge in [0.25, 0.3) is 0 Å². The smallest absolute Gasteiger partial charge is 0.205 e. The van der Waals surface area contributed by atoms with Crippen LogP contribution in [0.1, 0.15) is 4.88 Å². The normalized spacial score (nSPS) is 10.4. The second-order valence-corrected chi connectivity index (χ2v) is 6.57. The lowest BCUT2D eigenvalue weighted by Crippen LogP contribution is -1.96. The van der Waals surface area contributed by atoms with E-state index in [1.165, 1.54) is 16.2 Å². The Balaban J connectivity index is 1.98. The van der Waals surface area contributed by atoms with Gasteiger partial charge in [-0.25, -0.2) is 0 Å². The molecule has 74 valence electrons. The first kappa shape index (κ1) is 10.5. The highest BCUT2D eigenvalue weighted by Crippen LogP contribution is 2.32. The summed E-state index contributed by atoms with van der Waals surface area (Å²) < 4.78 is 2.21. The van der Waals surface area contributed by atoms with Crippen molar-refractivity contribution < 1.29 is 0 Å². The zero-order valence-corrected chi connectivity index (χ0v) is 11.6. The quantitative estimate of drug-likeness (QED) is 0.912. The van der Waals surface area contributed by atoms with Crippen LogP contribution in [-0.4, -0.2) is 10.2 Å². The third kappa shape index (κ3) is 2.53. The number of rotatable bonds is 3. The molecule has 0 saturated heterocycles. The van der Waals surface area contributed by atoms with Crippen LogP contribution in [0.3, 0.4) is 0 Å². The number of thiophene rings is 1. The van der Waals surface area contributed by atoms with Crippen LogP contribution in [0, 0.1) is 0 Å². The molecule has 0 atom stereocenters. The number of nitrogens with one attached hydrogen (secondary N) is 1. The molecular formula is C7H5Br2N3S2. The lowest BCUT2D eigenvalue weighted by atomic mass is 10.5. The molecule has 2 heterocycles. The van der Waals surface area contributed by atoms with E-state index in [1.807, 2.05) is 0 Å². The Labute approximate surface area is 106 Å². The molecule has 0 fully saturated rings. The van der Waals surface area contributed by atoms with Gasteiger partial charge >= 0.3 is 0 Å². The Morgan fingerprint density at radius 2 is 2.29 bits per heavy atom. The van der Waals surface area contributed by atoms with E-state index >= 15 is 0 Å². The standard InChI is InChI=1S/C7H5Br2N3S2/c8-5-1-4(14-6(5)9)2-10-7-12-11-3-13-7/h1,3H,2H2,(H,10,12). The van der Waals surface area contributed by atoms with Gasteiger partial charge in [-0.15, -0.1) is 21.5 Å². The number of aromatic nitrogens is 2. The van der Waals surface area contributed by atoms with Crippen LogP contribution in [0.25, 0.3) is 0 Å². The Bertz CT molecular complexity index is 393. The Kier molecular flexibility index (Phi) is 3.53. The molecule has 14 heavy (non-hydrogen) atoms. The SMILES string of the molecule is Brc1cc(CNc2nncs2)sc1Br. The minimum atomic E-state index is 0.782. The van der Waals surface area contributed by atoms with Crippen molar-refractivity contribution in [3.05, 3.63) is 24.7 Å². The first-order valence-corrected chi connectivity index (χ1v) is 6.97. The van der Waals surface area contributed by atoms with E-state index in [2.05, 4.69) is 53.4 Å². The highest BCUT2D eigenvalue weighted by molar-refractivity contribution is 9.13. The molecule has 0 saturated carbocycles. The highest BCUT2D eigenvalue weighted by Gasteiger charge is 2.04. The summed E-state index contributed by atoms with van der Waals surface area (Å²) in [5.41, 5.74) is 1.71. The van der Waals surface area contributed by atoms with Crippen LogP contribution in [0.4, 0.5) is 5.13 Å². The van der Waals surface area contributed by atoms with E-state index in [0.29, 0.717) is 0 Å². The Morgan fingerprint density at radius 1 is 1.43 bits per heavy atom. The average molecular weight is 355 g/mol. The summed E-state index contributed by atoms with van der Waals surface area (Å²) >= 11 is 10.1. The minimum absolute atomic E-state index is 0.782. The van der Waals surface area contributed by atoms with Crippen molar-refractivity contribution in [1.29, 1.82) is 0 Å². The van der Waals surface area contributed by atoms with E-state index in [4.69, 9.17) is 0 Å². The molecule has 3 nitrogen and oxygen atoms in total. The maximum absolute atomic E-state index is 3.90. The van der Waals surface area contributed by atoms with Crippen molar-refractivity contribution in [3.8, 4) is 0 Å². The van der Waals surface area contributed by atoms with Crippen molar-refractivity contribution >= 4 is 59.7 Å². The molecular weight excluding hydrogens is 350 g/mol. The molecule has 0 spiro atoms. The predicted octanol–water partition coefficient (Wildman–Crippen LogP) is 3.74. The van der Waals surface area contributed by atoms with Gasteiger partial charge < -0.3 is 5.32 Å². The molecule has 2 rings (SSSR count). The van der Waals surface area contributed by atoms with Crippen molar-refractivity contribution in [2.24, 2.45) is 0 Å². The molecule has 0 aliphatic rings. The summed E-state index contributed by atoms with van der Waals surface area (Å²) in [5.74, 6) is 0. The zero-order chi connectivity index (χ0) is 9.97. The summed E-state index contributed by atoms with van der Waals surface area (Å²) in [6.45, 7) is 0.782. The maximum atomic E-state index is 3.90. The lowest BCUT2D eigenvalue weighted by Gasteiger charge is -1.96. The molecule has 2 aromatic heterocycles. The average Bonchev–Trinajstić information content (AvgIpc) is 2.74. The van der Waals surface area contributed by atoms with Crippen molar-refractivity contribution in [2.45, 2.75) is 6.54 Å². The molecule has 0 radical (unpaired) electrons. The molecule has 1 N–H and O–H groups in total. The summed E-state index contributed by atoms with van der Waals surface area (Å²) in [6.07, 6.45) is 0. The van der Waals surface area contributed by atoms with Crippen LogP contribution in [-0.2, 0) is 6.54 Å². The summed E-state index contributed by atoms with van der Waals surface area (Å²) in [6, 6.07) is 2.09. The van der Waals surface area contributed by atoms with Gasteiger partial charge in [0.2, 0.25) is 5.13 Å². The third-order valence-corrected chi connectivity index (χ3v) is 5.38. The van der Waals surface area contributed by atoms with Gasteiger partial charge in [0, 0.05) is 9.35 Å². The fourth-order valence-corrected chi connectivity index (χ4v) is 3.45. The van der Waals surface area contributed by atoms with Crippen LogP contribution < -0.4 is 5.32 Å². The third-order valence-electron chi connectivity index (χ3n) is 1.47. The fraction of sp³-hybridized carbons (Fsp3) is 0.143. The molecule has 7 heteroatoms. The van der Waals surface area contributed by atoms with Gasteiger partial charge in [-0.3, -0.25) is 0 Å². The Hall–Kier alpha value is 0.0200. The molecule has 0 amide bonds. The molecule has 0 bridgehead atoms. The second-order valence-electron chi connectivity index (χ2n) is 2.43. The van der Waals surface area contributed by atoms with E-state index in [9.17, 15) is 0 Å². The number of anilines is 1. The number of halogens is 2. The van der Waals surface area contributed by atoms with Crippen molar-refractivity contribution in [2.75, 3.05) is 5.32 Å². The second kappa shape index (κ2) is 4.69. The summed E-state index contributed by atoms with van der Waals surface area (Å²) in [7, 11) is 0. The van der Waals surface area contributed by atoms with E-state index in [1.54, 1.807) is 16.8 Å². The lowest BCUT2D eigenvalue weighted by molar-refractivity contribution is 1.06. The van der Waals surface area contributed by atoms with Gasteiger partial charge in [-0.05, 0) is 37.9 Å². The fourth-order valence-electron chi connectivity index (χ4n) is 0.891. The minimum Gasteiger partial charge on any atom is -0.355 e. The van der Waals surface area contributed by atoms with Crippen molar-refractivity contribution in [3.63, 3.8) is 0 Å². The van der Waals surface area contributed by atoms with Crippen LogP contribution in [0.15, 0.2) is 19.8 Å². The Morgan fingerprint density at radius 3 is 2.86 bits per heavy atom. The molecule has 0 aliphatic heterocycles. The maximum Gasteiger partial charge on any atom is 0.205 e. The number of nitrogens with zero attached hydrogens (tertiary/aromatic N) is 2. The summed E-state index contributed by atoms with van der Waals surface area (Å²) in [5, 5.41) is 11.7. The van der Waals surface area contributed by atoms with Gasteiger partial charge in [-0.2, -0.15) is 0 Å². The van der Waals surface area contributed by atoms with E-state index in [0.717, 1.165) is 19.9 Å². The topological polar surface area (TPSA) is 37.8 Å². The number of hydrogen-bond acceptors (Lipinski definition) is 5. The van der Waals surface area contributed by atoms with E-state index < -0.39 is 0 Å². The van der Waals surface area contributed by atoms with Gasteiger partial charge in [0.1, 0.15) is 5.51 Å². The van der Waals surface area contributed by atoms with Crippen LogP contribution in [0.5, 0.6) is 0 Å². The van der Waals surface area contributed by atoms with Gasteiger partial charge in [0.15, 0.2) is 0 Å². The summed E-state index contributed by atoms with van der Waals surface area (Å²) in [4.78, 5) is 1.25. The predicted molar refractivity (Wildman–Crippen MR) is 67.0 cm³/mol. The van der Waals surface area contributed by atoms with Crippen molar-refractivity contribution in [1.82, 2.24) is 10.2 Å². The van der Waals surface area contributed by atoms with Gasteiger partial charge in [-0.1, -0.05) is 11.3 Å².